The lowest BCUT2D eigenvalue weighted by molar-refractivity contribution is 0.105. The molecule has 1 aliphatic heterocycles. The average molecular weight is 538 g/mol. The zero-order valence-electron chi connectivity index (χ0n) is 18.2. The number of fused-ring (bicyclic) bond motifs is 1. The van der Waals surface area contributed by atoms with Crippen LogP contribution >= 0.6 is 27.7 Å². The number of tetrazole rings is 1. The second-order valence-electron chi connectivity index (χ2n) is 7.16. The van der Waals surface area contributed by atoms with Crippen molar-refractivity contribution in [3.8, 4) is 23.0 Å². The van der Waals surface area contributed by atoms with Crippen LogP contribution in [0.5, 0.6) is 23.0 Å². The van der Waals surface area contributed by atoms with E-state index in [0.717, 1.165) is 27.5 Å². The van der Waals surface area contributed by atoms with Gasteiger partial charge in [-0.1, -0.05) is 17.8 Å². The quantitative estimate of drug-likeness (QED) is 0.279. The molecule has 2 heterocycles. The van der Waals surface area contributed by atoms with Crippen molar-refractivity contribution in [3.05, 3.63) is 45.9 Å². The van der Waals surface area contributed by atoms with Gasteiger partial charge in [0.15, 0.2) is 23.0 Å². The topological polar surface area (TPSA) is 113 Å². The first-order chi connectivity index (χ1) is 16.0. The monoisotopic (exact) mass is 537 g/mol. The highest BCUT2D eigenvalue weighted by molar-refractivity contribution is 9.10. The zero-order valence-corrected chi connectivity index (χ0v) is 20.6. The fraction of sp³-hybridized carbons (Fsp3) is 0.381. The van der Waals surface area contributed by atoms with Crippen LogP contribution in [-0.4, -0.2) is 58.1 Å². The Labute approximate surface area is 203 Å². The summed E-state index contributed by atoms with van der Waals surface area (Å²) in [7, 11) is 3.41. The van der Waals surface area contributed by atoms with Gasteiger partial charge in [0.2, 0.25) is 11.9 Å². The van der Waals surface area contributed by atoms with Crippen LogP contribution in [0.15, 0.2) is 40.0 Å². The van der Waals surface area contributed by atoms with Crippen LogP contribution in [0.1, 0.15) is 17.2 Å². The molecule has 4 rings (SSSR count). The van der Waals surface area contributed by atoms with Gasteiger partial charge in [-0.2, -0.15) is 0 Å². The molecule has 0 fully saturated rings. The lowest BCUT2D eigenvalue weighted by Gasteiger charge is -2.17. The molecule has 0 spiro atoms. The second kappa shape index (κ2) is 11.1. The largest absolute Gasteiger partial charge is 0.493 e. The van der Waals surface area contributed by atoms with Crippen molar-refractivity contribution >= 4 is 27.7 Å². The number of nitrogens with zero attached hydrogens (tertiary/aromatic N) is 4. The summed E-state index contributed by atoms with van der Waals surface area (Å²) >= 11 is 5.15. The SMILES string of the molecule is COc1cc(CNCCSc2nnnn2C)cc(Br)c1OCC(O)c1ccc2c(c1)OCO2. The number of thioether (sulfide) groups is 1. The van der Waals surface area contributed by atoms with Gasteiger partial charge in [0.05, 0.1) is 11.6 Å². The molecule has 176 valence electrons. The van der Waals surface area contributed by atoms with Gasteiger partial charge in [-0.25, -0.2) is 4.68 Å². The molecular weight excluding hydrogens is 514 g/mol. The molecule has 0 aliphatic carbocycles. The third-order valence-electron chi connectivity index (χ3n) is 4.88. The maximum atomic E-state index is 10.6. The van der Waals surface area contributed by atoms with Crippen LogP contribution in [0.2, 0.25) is 0 Å². The number of rotatable bonds is 11. The maximum Gasteiger partial charge on any atom is 0.231 e. The Kier molecular flexibility index (Phi) is 7.91. The van der Waals surface area contributed by atoms with Crippen molar-refractivity contribution in [2.24, 2.45) is 7.05 Å². The molecule has 12 heteroatoms. The summed E-state index contributed by atoms with van der Waals surface area (Å²) in [5.74, 6) is 3.24. The fourth-order valence-electron chi connectivity index (χ4n) is 3.18. The van der Waals surface area contributed by atoms with Crippen molar-refractivity contribution < 1.29 is 24.1 Å². The van der Waals surface area contributed by atoms with E-state index in [2.05, 4.69) is 36.8 Å². The maximum absolute atomic E-state index is 10.6. The van der Waals surface area contributed by atoms with Gasteiger partial charge in [-0.3, -0.25) is 0 Å². The van der Waals surface area contributed by atoms with E-state index in [9.17, 15) is 5.11 Å². The normalized spacial score (nSPS) is 13.2. The molecule has 33 heavy (non-hydrogen) atoms. The molecule has 3 aromatic rings. The molecule has 0 saturated heterocycles. The standard InChI is InChI=1S/C21H24BrN5O5S/c1-27-21(24-25-26-27)33-6-5-23-10-13-7-15(22)20(19(8-13)29-2)30-11-16(28)14-3-4-17-18(9-14)32-12-31-17/h3-4,7-9,16,23,28H,5-6,10-12H2,1-2H3. The molecule has 1 aliphatic rings. The number of halogens is 1. The van der Waals surface area contributed by atoms with Crippen molar-refractivity contribution in [2.75, 3.05) is 32.8 Å². The number of aliphatic hydroxyl groups is 1. The van der Waals surface area contributed by atoms with E-state index in [1.54, 1.807) is 41.8 Å². The van der Waals surface area contributed by atoms with Crippen LogP contribution < -0.4 is 24.3 Å². The van der Waals surface area contributed by atoms with Gasteiger partial charge in [-0.15, -0.1) is 5.10 Å². The molecule has 0 saturated carbocycles. The number of nitrogens with one attached hydrogen (secondary N) is 1. The summed E-state index contributed by atoms with van der Waals surface area (Å²) in [5.41, 5.74) is 1.72. The third kappa shape index (κ3) is 5.88. The molecule has 0 radical (unpaired) electrons. The van der Waals surface area contributed by atoms with Crippen LogP contribution in [0, 0.1) is 0 Å². The number of aromatic nitrogens is 4. The summed E-state index contributed by atoms with van der Waals surface area (Å²) in [4.78, 5) is 0. The number of hydrogen-bond acceptors (Lipinski definition) is 10. The van der Waals surface area contributed by atoms with Gasteiger partial charge in [-0.05, 0) is 61.7 Å². The van der Waals surface area contributed by atoms with Crippen LogP contribution in [-0.2, 0) is 13.6 Å². The highest BCUT2D eigenvalue weighted by Gasteiger charge is 2.19. The van der Waals surface area contributed by atoms with Gasteiger partial charge in [0.1, 0.15) is 12.7 Å². The van der Waals surface area contributed by atoms with Gasteiger partial charge in [0, 0.05) is 25.9 Å². The van der Waals surface area contributed by atoms with E-state index in [1.165, 1.54) is 0 Å². The van der Waals surface area contributed by atoms with E-state index < -0.39 is 6.10 Å². The molecule has 1 unspecified atom stereocenters. The number of hydrogen-bond donors (Lipinski definition) is 2. The summed E-state index contributed by atoms with van der Waals surface area (Å²) in [5, 5.41) is 26.1. The van der Waals surface area contributed by atoms with Crippen LogP contribution in [0.4, 0.5) is 0 Å². The minimum absolute atomic E-state index is 0.0559. The highest BCUT2D eigenvalue weighted by atomic mass is 79.9. The summed E-state index contributed by atoms with van der Waals surface area (Å²) in [6.45, 7) is 1.69. The third-order valence-corrected chi connectivity index (χ3v) is 6.48. The molecule has 2 aromatic carbocycles. The molecule has 0 amide bonds. The smallest absolute Gasteiger partial charge is 0.231 e. The number of aliphatic hydroxyl groups excluding tert-OH is 1. The van der Waals surface area contributed by atoms with Crippen molar-refractivity contribution in [2.45, 2.75) is 17.8 Å². The van der Waals surface area contributed by atoms with E-state index >= 15 is 0 Å². The Morgan fingerprint density at radius 3 is 2.91 bits per heavy atom. The fourth-order valence-corrected chi connectivity index (χ4v) is 4.54. The molecule has 10 nitrogen and oxygen atoms in total. The Hall–Kier alpha value is -2.54. The molecule has 2 N–H and O–H groups in total. The average Bonchev–Trinajstić information content (AvgIpc) is 3.45. The minimum Gasteiger partial charge on any atom is -0.493 e. The van der Waals surface area contributed by atoms with Crippen molar-refractivity contribution in [3.63, 3.8) is 0 Å². The van der Waals surface area contributed by atoms with E-state index in [0.29, 0.717) is 35.1 Å². The summed E-state index contributed by atoms with van der Waals surface area (Å²) in [6.07, 6.45) is -0.834. The number of benzene rings is 2. The van der Waals surface area contributed by atoms with E-state index in [1.807, 2.05) is 19.2 Å². The van der Waals surface area contributed by atoms with Crippen LogP contribution in [0.25, 0.3) is 0 Å². The number of ether oxygens (including phenoxy) is 4. The highest BCUT2D eigenvalue weighted by Crippen LogP contribution is 2.38. The van der Waals surface area contributed by atoms with Gasteiger partial charge < -0.3 is 29.4 Å². The van der Waals surface area contributed by atoms with Crippen molar-refractivity contribution in [1.29, 1.82) is 0 Å². The Morgan fingerprint density at radius 1 is 1.27 bits per heavy atom. The lowest BCUT2D eigenvalue weighted by atomic mass is 10.1. The molecule has 0 bridgehead atoms. The first-order valence-corrected chi connectivity index (χ1v) is 12.0. The predicted molar refractivity (Wildman–Crippen MR) is 125 cm³/mol. The van der Waals surface area contributed by atoms with Crippen LogP contribution in [0.3, 0.4) is 0 Å². The molecular formula is C21H24BrN5O5S. The number of methoxy groups -OCH3 is 1. The summed E-state index contributed by atoms with van der Waals surface area (Å²) < 4.78 is 24.5. The summed E-state index contributed by atoms with van der Waals surface area (Å²) in [6, 6.07) is 9.22. The number of aryl methyl sites for hydroxylation is 1. The van der Waals surface area contributed by atoms with E-state index in [-0.39, 0.29) is 13.4 Å². The van der Waals surface area contributed by atoms with E-state index in [4.69, 9.17) is 18.9 Å². The first-order valence-electron chi connectivity index (χ1n) is 10.2. The zero-order chi connectivity index (χ0) is 23.2. The lowest BCUT2D eigenvalue weighted by Crippen LogP contribution is -2.17. The molecule has 1 aromatic heterocycles. The Balaban J connectivity index is 1.30. The van der Waals surface area contributed by atoms with Gasteiger partial charge >= 0.3 is 0 Å². The first kappa shape index (κ1) is 23.6. The van der Waals surface area contributed by atoms with Gasteiger partial charge in [0.25, 0.3) is 0 Å². The second-order valence-corrected chi connectivity index (χ2v) is 9.08. The molecule has 1 atom stereocenters. The predicted octanol–water partition coefficient (Wildman–Crippen LogP) is 2.70. The minimum atomic E-state index is -0.834. The van der Waals surface area contributed by atoms with Crippen molar-refractivity contribution in [1.82, 2.24) is 25.5 Å². The Bertz CT molecular complexity index is 1100. The Morgan fingerprint density at radius 2 is 2.12 bits per heavy atom.